The third-order valence-corrected chi connectivity index (χ3v) is 3.69. The minimum Gasteiger partial charge on any atom is -0.492 e. The SMILES string of the molecule is CCC(N)c1ccccc1OCCN(C(C)C)C(C)C. The Morgan fingerprint density at radius 2 is 1.70 bits per heavy atom. The van der Waals surface area contributed by atoms with E-state index in [4.69, 9.17) is 10.5 Å². The average molecular weight is 278 g/mol. The minimum atomic E-state index is 0.0532. The molecule has 1 atom stereocenters. The number of ether oxygens (including phenoxy) is 1. The van der Waals surface area contributed by atoms with E-state index < -0.39 is 0 Å². The van der Waals surface area contributed by atoms with Crippen LogP contribution in [0.15, 0.2) is 24.3 Å². The molecule has 0 aliphatic carbocycles. The molecule has 1 aromatic carbocycles. The lowest BCUT2D eigenvalue weighted by atomic mass is 10.0. The van der Waals surface area contributed by atoms with Crippen LogP contribution in [0.3, 0.4) is 0 Å². The summed E-state index contributed by atoms with van der Waals surface area (Å²) in [6.45, 7) is 12.6. The van der Waals surface area contributed by atoms with Gasteiger partial charge in [0.2, 0.25) is 0 Å². The second kappa shape index (κ2) is 8.28. The van der Waals surface area contributed by atoms with Crippen LogP contribution < -0.4 is 10.5 Å². The predicted octanol–water partition coefficient (Wildman–Crippen LogP) is 3.59. The molecule has 0 spiro atoms. The van der Waals surface area contributed by atoms with Gasteiger partial charge in [-0.05, 0) is 40.2 Å². The van der Waals surface area contributed by atoms with Crippen LogP contribution in [-0.2, 0) is 0 Å². The number of nitrogens with two attached hydrogens (primary N) is 1. The van der Waals surface area contributed by atoms with E-state index in [1.807, 2.05) is 18.2 Å². The first-order valence-corrected chi connectivity index (χ1v) is 7.70. The lowest BCUT2D eigenvalue weighted by Gasteiger charge is -2.30. The van der Waals surface area contributed by atoms with Crippen molar-refractivity contribution in [3.05, 3.63) is 29.8 Å². The molecular formula is C17H30N2O. The van der Waals surface area contributed by atoms with Crippen LogP contribution in [0.5, 0.6) is 5.75 Å². The highest BCUT2D eigenvalue weighted by Gasteiger charge is 2.14. The van der Waals surface area contributed by atoms with E-state index >= 15 is 0 Å². The van der Waals surface area contributed by atoms with Crippen LogP contribution in [0, 0.1) is 0 Å². The van der Waals surface area contributed by atoms with Crippen LogP contribution in [0.25, 0.3) is 0 Å². The van der Waals surface area contributed by atoms with Gasteiger partial charge in [-0.25, -0.2) is 0 Å². The van der Waals surface area contributed by atoms with Crippen molar-refractivity contribution in [2.45, 2.75) is 59.2 Å². The monoisotopic (exact) mass is 278 g/mol. The van der Waals surface area contributed by atoms with Gasteiger partial charge in [0.15, 0.2) is 0 Å². The van der Waals surface area contributed by atoms with Gasteiger partial charge in [-0.1, -0.05) is 25.1 Å². The molecule has 1 aromatic rings. The third kappa shape index (κ3) is 4.80. The van der Waals surface area contributed by atoms with Gasteiger partial charge in [0, 0.05) is 30.2 Å². The van der Waals surface area contributed by atoms with Crippen molar-refractivity contribution in [3.8, 4) is 5.75 Å². The first-order valence-electron chi connectivity index (χ1n) is 7.70. The fourth-order valence-corrected chi connectivity index (χ4v) is 2.51. The number of rotatable bonds is 8. The summed E-state index contributed by atoms with van der Waals surface area (Å²) >= 11 is 0. The Morgan fingerprint density at radius 3 is 2.25 bits per heavy atom. The zero-order valence-electron chi connectivity index (χ0n) is 13.6. The summed E-state index contributed by atoms with van der Waals surface area (Å²) in [6, 6.07) is 9.22. The predicted molar refractivity (Wildman–Crippen MR) is 86.1 cm³/mol. The minimum absolute atomic E-state index is 0.0532. The van der Waals surface area contributed by atoms with Crippen molar-refractivity contribution in [2.75, 3.05) is 13.2 Å². The highest BCUT2D eigenvalue weighted by molar-refractivity contribution is 5.35. The molecule has 0 radical (unpaired) electrons. The Bertz CT molecular complexity index is 382. The summed E-state index contributed by atoms with van der Waals surface area (Å²) in [6.07, 6.45) is 0.921. The van der Waals surface area contributed by atoms with E-state index in [-0.39, 0.29) is 6.04 Å². The molecule has 0 aromatic heterocycles. The lowest BCUT2D eigenvalue weighted by Crippen LogP contribution is -2.39. The molecule has 0 saturated carbocycles. The molecule has 0 amide bonds. The smallest absolute Gasteiger partial charge is 0.124 e. The maximum Gasteiger partial charge on any atom is 0.124 e. The van der Waals surface area contributed by atoms with Gasteiger partial charge in [0.1, 0.15) is 12.4 Å². The number of para-hydroxylation sites is 1. The van der Waals surface area contributed by atoms with E-state index in [9.17, 15) is 0 Å². The Labute approximate surface area is 124 Å². The zero-order valence-corrected chi connectivity index (χ0v) is 13.6. The highest BCUT2D eigenvalue weighted by Crippen LogP contribution is 2.25. The van der Waals surface area contributed by atoms with Crippen LogP contribution in [0.1, 0.15) is 52.6 Å². The van der Waals surface area contributed by atoms with Crippen LogP contribution >= 0.6 is 0 Å². The van der Waals surface area contributed by atoms with Crippen molar-refractivity contribution in [2.24, 2.45) is 5.73 Å². The standard InChI is InChI=1S/C17H30N2O/c1-6-16(18)15-9-7-8-10-17(15)20-12-11-19(13(2)3)14(4)5/h7-10,13-14,16H,6,11-12,18H2,1-5H3. The quantitative estimate of drug-likeness (QED) is 0.789. The Kier molecular flexibility index (Phi) is 7.03. The summed E-state index contributed by atoms with van der Waals surface area (Å²) in [5, 5.41) is 0. The third-order valence-electron chi connectivity index (χ3n) is 3.69. The maximum absolute atomic E-state index is 6.13. The van der Waals surface area contributed by atoms with Crippen molar-refractivity contribution in [1.29, 1.82) is 0 Å². The largest absolute Gasteiger partial charge is 0.492 e. The molecule has 1 rings (SSSR count). The summed E-state index contributed by atoms with van der Waals surface area (Å²) in [7, 11) is 0. The van der Waals surface area contributed by atoms with Gasteiger partial charge in [-0.2, -0.15) is 0 Å². The number of benzene rings is 1. The molecule has 20 heavy (non-hydrogen) atoms. The summed E-state index contributed by atoms with van der Waals surface area (Å²) in [5.74, 6) is 0.925. The van der Waals surface area contributed by atoms with Gasteiger partial charge in [0.25, 0.3) is 0 Å². The number of hydrogen-bond acceptors (Lipinski definition) is 3. The maximum atomic E-state index is 6.13. The molecule has 1 unspecified atom stereocenters. The molecule has 2 N–H and O–H groups in total. The van der Waals surface area contributed by atoms with Gasteiger partial charge in [-0.15, -0.1) is 0 Å². The van der Waals surface area contributed by atoms with E-state index in [1.54, 1.807) is 0 Å². The van der Waals surface area contributed by atoms with Gasteiger partial charge in [0.05, 0.1) is 0 Å². The molecule has 114 valence electrons. The van der Waals surface area contributed by atoms with E-state index in [2.05, 4.69) is 45.6 Å². The lowest BCUT2D eigenvalue weighted by molar-refractivity contribution is 0.141. The van der Waals surface area contributed by atoms with Crippen molar-refractivity contribution < 1.29 is 4.74 Å². The number of hydrogen-bond donors (Lipinski definition) is 1. The van der Waals surface area contributed by atoms with Gasteiger partial charge >= 0.3 is 0 Å². The first kappa shape index (κ1) is 17.0. The Hall–Kier alpha value is -1.06. The van der Waals surface area contributed by atoms with E-state index in [0.29, 0.717) is 18.7 Å². The topological polar surface area (TPSA) is 38.5 Å². The summed E-state index contributed by atoms with van der Waals surface area (Å²) < 4.78 is 5.97. The summed E-state index contributed by atoms with van der Waals surface area (Å²) in [5.41, 5.74) is 7.24. The fraction of sp³-hybridized carbons (Fsp3) is 0.647. The molecule has 3 nitrogen and oxygen atoms in total. The molecule has 0 aliphatic heterocycles. The molecule has 0 aliphatic rings. The fourth-order valence-electron chi connectivity index (χ4n) is 2.51. The van der Waals surface area contributed by atoms with Crippen LogP contribution in [-0.4, -0.2) is 30.1 Å². The van der Waals surface area contributed by atoms with Crippen molar-refractivity contribution >= 4 is 0 Å². The zero-order chi connectivity index (χ0) is 15.1. The summed E-state index contributed by atoms with van der Waals surface area (Å²) in [4.78, 5) is 2.43. The van der Waals surface area contributed by atoms with Gasteiger partial charge < -0.3 is 10.5 Å². The van der Waals surface area contributed by atoms with Crippen LogP contribution in [0.4, 0.5) is 0 Å². The van der Waals surface area contributed by atoms with E-state index in [0.717, 1.165) is 24.3 Å². The molecule has 0 bridgehead atoms. The van der Waals surface area contributed by atoms with Crippen molar-refractivity contribution in [3.63, 3.8) is 0 Å². The Balaban J connectivity index is 2.62. The molecule has 0 saturated heterocycles. The second-order valence-corrected chi connectivity index (χ2v) is 5.83. The second-order valence-electron chi connectivity index (χ2n) is 5.83. The molecular weight excluding hydrogens is 248 g/mol. The molecule has 3 heteroatoms. The first-order chi connectivity index (χ1) is 9.47. The molecule has 0 fully saturated rings. The highest BCUT2D eigenvalue weighted by atomic mass is 16.5. The Morgan fingerprint density at radius 1 is 1.10 bits per heavy atom. The molecule has 0 heterocycles. The van der Waals surface area contributed by atoms with Crippen LogP contribution in [0.2, 0.25) is 0 Å². The number of nitrogens with zero attached hydrogens (tertiary/aromatic N) is 1. The van der Waals surface area contributed by atoms with E-state index in [1.165, 1.54) is 0 Å². The van der Waals surface area contributed by atoms with Crippen molar-refractivity contribution in [1.82, 2.24) is 4.90 Å². The normalized spacial score (nSPS) is 13.2. The average Bonchev–Trinajstić information content (AvgIpc) is 2.42. The van der Waals surface area contributed by atoms with Gasteiger partial charge in [-0.3, -0.25) is 4.90 Å².